The molecule has 2 heterocycles. The molecule has 0 radical (unpaired) electrons. The zero-order valence-electron chi connectivity index (χ0n) is 11.8. The molecule has 0 saturated carbocycles. The quantitative estimate of drug-likeness (QED) is 0.776. The van der Waals surface area contributed by atoms with Crippen molar-refractivity contribution < 1.29 is 13.2 Å². The van der Waals surface area contributed by atoms with E-state index >= 15 is 0 Å². The summed E-state index contributed by atoms with van der Waals surface area (Å²) in [5.41, 5.74) is 5.85. The fourth-order valence-corrected chi connectivity index (χ4v) is 3.69. The second-order valence-electron chi connectivity index (χ2n) is 5.10. The molecule has 1 unspecified atom stereocenters. The number of rotatable bonds is 5. The molecule has 0 aliphatic carbocycles. The van der Waals surface area contributed by atoms with Crippen molar-refractivity contribution >= 4 is 27.2 Å². The van der Waals surface area contributed by atoms with E-state index in [1.54, 1.807) is 0 Å². The van der Waals surface area contributed by atoms with Crippen LogP contribution >= 0.6 is 12.2 Å². The number of ether oxygens (including phenoxy) is 1. The summed E-state index contributed by atoms with van der Waals surface area (Å²) in [4.78, 5) is 4.21. The minimum absolute atomic E-state index is 0.112. The number of nitrogens with one attached hydrogen (secondary N) is 1. The van der Waals surface area contributed by atoms with Gasteiger partial charge in [0.25, 0.3) is 0 Å². The fraction of sp³-hybridized carbons (Fsp3) is 0.538. The van der Waals surface area contributed by atoms with Crippen LogP contribution in [0, 0.1) is 5.92 Å². The maximum absolute atomic E-state index is 12.3. The Balaban J connectivity index is 2.08. The first-order valence-corrected chi connectivity index (χ1v) is 8.65. The Kier molecular flexibility index (Phi) is 5.26. The van der Waals surface area contributed by atoms with Gasteiger partial charge in [-0.2, -0.15) is 0 Å². The zero-order chi connectivity index (χ0) is 15.5. The molecule has 3 N–H and O–H groups in total. The van der Waals surface area contributed by atoms with Gasteiger partial charge in [0.1, 0.15) is 9.88 Å². The average molecular weight is 329 g/mol. The largest absolute Gasteiger partial charge is 0.388 e. The summed E-state index contributed by atoms with van der Waals surface area (Å²) in [7, 11) is -3.59. The van der Waals surface area contributed by atoms with Crippen molar-refractivity contribution in [3.63, 3.8) is 0 Å². The molecule has 1 fully saturated rings. The fourth-order valence-electron chi connectivity index (χ4n) is 2.31. The molecule has 0 aromatic carbocycles. The van der Waals surface area contributed by atoms with Gasteiger partial charge in [-0.1, -0.05) is 12.2 Å². The second kappa shape index (κ2) is 6.78. The van der Waals surface area contributed by atoms with E-state index in [1.807, 2.05) is 6.92 Å². The number of nitrogens with zero attached hydrogens (tertiary/aromatic N) is 1. The van der Waals surface area contributed by atoms with Gasteiger partial charge in [-0.25, -0.2) is 13.1 Å². The lowest BCUT2D eigenvalue weighted by atomic mass is 9.94. The third-order valence-electron chi connectivity index (χ3n) is 3.61. The number of pyridine rings is 1. The van der Waals surface area contributed by atoms with Gasteiger partial charge >= 0.3 is 0 Å². The number of thiocarbonyl (C=S) groups is 1. The third kappa shape index (κ3) is 4.19. The summed E-state index contributed by atoms with van der Waals surface area (Å²) in [5.74, 6) is 0.289. The first-order chi connectivity index (χ1) is 9.90. The highest BCUT2D eigenvalue weighted by Crippen LogP contribution is 2.20. The predicted molar refractivity (Wildman–Crippen MR) is 83.5 cm³/mol. The molecule has 1 aliphatic heterocycles. The molecule has 2 rings (SSSR count). The van der Waals surface area contributed by atoms with Crippen LogP contribution in [0.3, 0.4) is 0 Å². The van der Waals surface area contributed by atoms with Gasteiger partial charge in [-0.3, -0.25) is 4.98 Å². The van der Waals surface area contributed by atoms with E-state index in [4.69, 9.17) is 22.7 Å². The summed E-state index contributed by atoms with van der Waals surface area (Å²) in [6, 6.07) is 2.82. The van der Waals surface area contributed by atoms with Crippen LogP contribution in [0.4, 0.5) is 0 Å². The standard InChI is InChI=1S/C13H19N3O3S2/c1-9(10-4-6-19-7-5-10)16-21(17,18)11-2-3-12(13(14)20)15-8-11/h2-3,8-10,16H,4-7H2,1H3,(H2,14,20). The predicted octanol–water partition coefficient (Wildman–Crippen LogP) is 0.809. The van der Waals surface area contributed by atoms with E-state index in [-0.39, 0.29) is 21.8 Å². The molecule has 1 saturated heterocycles. The Morgan fingerprint density at radius 1 is 1.48 bits per heavy atom. The maximum Gasteiger partial charge on any atom is 0.242 e. The molecular formula is C13H19N3O3S2. The molecule has 6 nitrogen and oxygen atoms in total. The van der Waals surface area contributed by atoms with Crippen LogP contribution in [0.15, 0.2) is 23.2 Å². The highest BCUT2D eigenvalue weighted by Gasteiger charge is 2.25. The summed E-state index contributed by atoms with van der Waals surface area (Å²) >= 11 is 4.79. The highest BCUT2D eigenvalue weighted by atomic mass is 32.2. The Morgan fingerprint density at radius 3 is 2.67 bits per heavy atom. The summed E-state index contributed by atoms with van der Waals surface area (Å²) in [6.07, 6.45) is 3.00. The van der Waals surface area contributed by atoms with Gasteiger partial charge < -0.3 is 10.5 Å². The first kappa shape index (κ1) is 16.3. The molecule has 116 valence electrons. The normalized spacial score (nSPS) is 18.3. The van der Waals surface area contributed by atoms with E-state index in [0.717, 1.165) is 12.8 Å². The van der Waals surface area contributed by atoms with Crippen LogP contribution in [0.2, 0.25) is 0 Å². The van der Waals surface area contributed by atoms with Gasteiger partial charge in [0.2, 0.25) is 10.0 Å². The van der Waals surface area contributed by atoms with Crippen LogP contribution in [-0.4, -0.2) is 37.6 Å². The van der Waals surface area contributed by atoms with Gasteiger partial charge in [0, 0.05) is 25.5 Å². The van der Waals surface area contributed by atoms with Gasteiger partial charge in [0.05, 0.1) is 5.69 Å². The molecular weight excluding hydrogens is 310 g/mol. The van der Waals surface area contributed by atoms with Crippen LogP contribution in [0.1, 0.15) is 25.5 Å². The molecule has 0 bridgehead atoms. The Morgan fingerprint density at radius 2 is 2.14 bits per heavy atom. The topological polar surface area (TPSA) is 94.3 Å². The van der Waals surface area contributed by atoms with Crippen LogP contribution in [0.5, 0.6) is 0 Å². The highest BCUT2D eigenvalue weighted by molar-refractivity contribution is 7.89. The second-order valence-corrected chi connectivity index (χ2v) is 7.26. The Labute approximate surface area is 130 Å². The van der Waals surface area contributed by atoms with Gasteiger partial charge in [-0.15, -0.1) is 0 Å². The smallest absolute Gasteiger partial charge is 0.242 e. The van der Waals surface area contributed by atoms with Crippen molar-refractivity contribution in [1.82, 2.24) is 9.71 Å². The van der Waals surface area contributed by atoms with E-state index in [0.29, 0.717) is 18.9 Å². The minimum atomic E-state index is -3.59. The van der Waals surface area contributed by atoms with Gasteiger partial charge in [-0.05, 0) is 37.8 Å². The molecule has 1 aromatic rings. The maximum atomic E-state index is 12.3. The molecule has 8 heteroatoms. The zero-order valence-corrected chi connectivity index (χ0v) is 13.4. The lowest BCUT2D eigenvalue weighted by molar-refractivity contribution is 0.0585. The average Bonchev–Trinajstić information content (AvgIpc) is 2.48. The lowest BCUT2D eigenvalue weighted by Gasteiger charge is -2.28. The number of hydrogen-bond donors (Lipinski definition) is 2. The molecule has 1 aromatic heterocycles. The molecule has 21 heavy (non-hydrogen) atoms. The van der Waals surface area contributed by atoms with Gasteiger partial charge in [0.15, 0.2) is 0 Å². The number of hydrogen-bond acceptors (Lipinski definition) is 5. The van der Waals surface area contributed by atoms with E-state index in [2.05, 4.69) is 9.71 Å². The number of aromatic nitrogens is 1. The molecule has 0 amide bonds. The summed E-state index contributed by atoms with van der Waals surface area (Å²) in [6.45, 7) is 3.24. The van der Waals surface area contributed by atoms with E-state index in [1.165, 1.54) is 18.3 Å². The third-order valence-corrected chi connectivity index (χ3v) is 5.37. The van der Waals surface area contributed by atoms with Crippen LogP contribution < -0.4 is 10.5 Å². The Bertz CT molecular complexity index is 596. The Hall–Kier alpha value is -1.09. The van der Waals surface area contributed by atoms with Crippen molar-refractivity contribution in [3.05, 3.63) is 24.0 Å². The molecule has 0 spiro atoms. The number of nitrogens with two attached hydrogens (primary N) is 1. The van der Waals surface area contributed by atoms with Crippen molar-refractivity contribution in [1.29, 1.82) is 0 Å². The summed E-state index contributed by atoms with van der Waals surface area (Å²) < 4.78 is 32.6. The molecule has 1 aliphatic rings. The van der Waals surface area contributed by atoms with Crippen molar-refractivity contribution in [2.75, 3.05) is 13.2 Å². The summed E-state index contributed by atoms with van der Waals surface area (Å²) in [5, 5.41) is 0. The van der Waals surface area contributed by atoms with Crippen molar-refractivity contribution in [2.24, 2.45) is 11.7 Å². The van der Waals surface area contributed by atoms with Crippen LogP contribution in [0.25, 0.3) is 0 Å². The van der Waals surface area contributed by atoms with Crippen molar-refractivity contribution in [2.45, 2.75) is 30.7 Å². The van der Waals surface area contributed by atoms with E-state index < -0.39 is 10.0 Å². The lowest BCUT2D eigenvalue weighted by Crippen LogP contribution is -2.40. The molecule has 1 atom stereocenters. The monoisotopic (exact) mass is 329 g/mol. The van der Waals surface area contributed by atoms with Crippen LogP contribution in [-0.2, 0) is 14.8 Å². The van der Waals surface area contributed by atoms with Crippen molar-refractivity contribution in [3.8, 4) is 0 Å². The first-order valence-electron chi connectivity index (χ1n) is 6.76. The minimum Gasteiger partial charge on any atom is -0.388 e. The SMILES string of the molecule is CC(NS(=O)(=O)c1ccc(C(N)=S)nc1)C1CCOCC1. The van der Waals surface area contributed by atoms with E-state index in [9.17, 15) is 8.42 Å². The number of sulfonamides is 1.